The number of hydrogen-bond acceptors (Lipinski definition) is 10. The Bertz CT molecular complexity index is 1580. The van der Waals surface area contributed by atoms with E-state index in [4.69, 9.17) is 28.4 Å². The summed E-state index contributed by atoms with van der Waals surface area (Å²) in [6.45, 7) is 6.92. The van der Waals surface area contributed by atoms with Crippen LogP contribution in [-0.2, 0) is 47.6 Å². The number of nitrogens with zero attached hydrogens (tertiary/aromatic N) is 2. The van der Waals surface area contributed by atoms with Crippen LogP contribution >= 0.6 is 0 Å². The number of rotatable bonds is 31. The molecule has 0 aromatic heterocycles. The maximum atomic E-state index is 14.0. The van der Waals surface area contributed by atoms with Gasteiger partial charge in [-0.15, -0.1) is 0 Å². The van der Waals surface area contributed by atoms with Crippen molar-refractivity contribution in [3.63, 3.8) is 0 Å². The molecule has 4 aliphatic rings. The fraction of sp³-hybridized carbons (Fsp3) is 0.673. The highest BCUT2D eigenvalue weighted by Gasteiger charge is 2.60. The highest BCUT2D eigenvalue weighted by atomic mass is 16.5. The number of carbonyl (C=O) groups excluding carboxylic acids is 4. The summed E-state index contributed by atoms with van der Waals surface area (Å²) < 4.78 is 34.4. The molecule has 8 atom stereocenters. The first kappa shape index (κ1) is 48.4. The fourth-order valence-corrected chi connectivity index (χ4v) is 9.04. The summed E-state index contributed by atoms with van der Waals surface area (Å²) in [4.78, 5) is 58.4. The van der Waals surface area contributed by atoms with E-state index in [1.54, 1.807) is 25.3 Å². The lowest BCUT2D eigenvalue weighted by Crippen LogP contribution is -2.38. The lowest BCUT2D eigenvalue weighted by atomic mass is 9.87. The van der Waals surface area contributed by atoms with E-state index in [-0.39, 0.29) is 36.8 Å². The summed E-state index contributed by atoms with van der Waals surface area (Å²) >= 11 is 0. The number of imide groups is 2. The number of benzene rings is 1. The van der Waals surface area contributed by atoms with Gasteiger partial charge in [-0.25, -0.2) is 0 Å². The summed E-state index contributed by atoms with van der Waals surface area (Å²) in [6, 6.07) is 9.70. The van der Waals surface area contributed by atoms with Gasteiger partial charge in [-0.3, -0.25) is 29.0 Å². The smallest absolute Gasteiger partial charge is 0.236 e. The van der Waals surface area contributed by atoms with Crippen molar-refractivity contribution < 1.29 is 47.6 Å². The molecule has 0 bridgehead atoms. The first-order valence-corrected chi connectivity index (χ1v) is 23.3. The van der Waals surface area contributed by atoms with Crippen molar-refractivity contribution in [1.29, 1.82) is 0 Å². The Morgan fingerprint density at radius 1 is 0.525 bits per heavy atom. The minimum atomic E-state index is -0.768. The first-order chi connectivity index (χ1) is 29.9. The van der Waals surface area contributed by atoms with Gasteiger partial charge in [0.05, 0.1) is 101 Å². The van der Waals surface area contributed by atoms with Crippen LogP contribution in [0.5, 0.6) is 0 Å². The van der Waals surface area contributed by atoms with Gasteiger partial charge >= 0.3 is 0 Å². The third-order valence-electron chi connectivity index (χ3n) is 12.3. The van der Waals surface area contributed by atoms with Crippen LogP contribution < -0.4 is 0 Å². The molecule has 4 saturated heterocycles. The van der Waals surface area contributed by atoms with Crippen molar-refractivity contribution in [3.05, 3.63) is 66.5 Å². The van der Waals surface area contributed by atoms with E-state index in [2.05, 4.69) is 6.92 Å². The molecule has 4 amide bonds. The molecule has 338 valence electrons. The van der Waals surface area contributed by atoms with Crippen molar-refractivity contribution >= 4 is 29.7 Å². The monoisotopic (exact) mass is 849 g/mol. The molecule has 4 heterocycles. The van der Waals surface area contributed by atoms with Crippen LogP contribution in [0.15, 0.2) is 60.9 Å². The molecular formula is C49H72N2O10. The second kappa shape index (κ2) is 26.7. The largest absolute Gasteiger partial charge is 0.502 e. The van der Waals surface area contributed by atoms with Crippen molar-refractivity contribution in [3.8, 4) is 0 Å². The quantitative estimate of drug-likeness (QED) is 0.0317. The fourth-order valence-electron chi connectivity index (χ4n) is 9.04. The molecule has 8 unspecified atom stereocenters. The average Bonchev–Trinajstić information content (AvgIpc) is 3.97. The van der Waals surface area contributed by atoms with Gasteiger partial charge in [0.2, 0.25) is 23.6 Å². The third kappa shape index (κ3) is 13.9. The lowest BCUT2D eigenvalue weighted by molar-refractivity contribution is -0.145. The zero-order valence-corrected chi connectivity index (χ0v) is 37.0. The van der Waals surface area contributed by atoms with Gasteiger partial charge in [0.15, 0.2) is 0 Å². The Morgan fingerprint density at radius 3 is 1.48 bits per heavy atom. The van der Waals surface area contributed by atoms with Gasteiger partial charge in [0.25, 0.3) is 0 Å². The van der Waals surface area contributed by atoms with Crippen LogP contribution in [0.2, 0.25) is 0 Å². The van der Waals surface area contributed by atoms with Gasteiger partial charge in [-0.1, -0.05) is 145 Å². The van der Waals surface area contributed by atoms with E-state index < -0.39 is 48.1 Å². The molecule has 4 fully saturated rings. The zero-order valence-electron chi connectivity index (χ0n) is 37.0. The van der Waals surface area contributed by atoms with Crippen LogP contribution in [0.1, 0.15) is 109 Å². The molecule has 0 radical (unpaired) electrons. The molecule has 12 heteroatoms. The highest BCUT2D eigenvalue weighted by Crippen LogP contribution is 2.44. The van der Waals surface area contributed by atoms with E-state index in [0.717, 1.165) is 24.8 Å². The Labute approximate surface area is 364 Å². The average molecular weight is 849 g/mol. The zero-order chi connectivity index (χ0) is 43.2. The first-order valence-electron chi connectivity index (χ1n) is 23.3. The molecule has 0 saturated carbocycles. The minimum Gasteiger partial charge on any atom is -0.502 e. The van der Waals surface area contributed by atoms with Crippen molar-refractivity contribution in [2.45, 2.75) is 128 Å². The molecule has 0 N–H and O–H groups in total. The van der Waals surface area contributed by atoms with Crippen LogP contribution in [0.4, 0.5) is 0 Å². The Morgan fingerprint density at radius 2 is 0.967 bits per heavy atom. The van der Waals surface area contributed by atoms with Gasteiger partial charge in [0.1, 0.15) is 0 Å². The van der Waals surface area contributed by atoms with Gasteiger partial charge < -0.3 is 28.4 Å². The number of ether oxygens (including phenoxy) is 6. The molecular weight excluding hydrogens is 777 g/mol. The van der Waals surface area contributed by atoms with Gasteiger partial charge in [-0.2, -0.15) is 0 Å². The van der Waals surface area contributed by atoms with Crippen LogP contribution in [0, 0.1) is 23.7 Å². The standard InChI is InChI=1S/C49H72N2O10/c1-4-6-7-8-9-10-11-12-13-14-15-16-17-21-29-50-46(52)44-40(61-41(28-31-57-5-2)45(44)47(50)53)27-26-39-43-42(38(60-39)25-24-37-22-19-18-20-23-37)48(54)51(49(43)55)30-32-58-35-36-59-34-33-56-3/h18-20,22-28,31,38-45H,4-17,21,29-30,32-36H2,1-3H3/b25-24-,27-26-,31-28-. The molecule has 1 aromatic rings. The minimum absolute atomic E-state index is 0.114. The molecule has 12 nitrogen and oxygen atoms in total. The van der Waals surface area contributed by atoms with Gasteiger partial charge in [-0.05, 0) is 25.0 Å². The van der Waals surface area contributed by atoms with E-state index in [1.165, 1.54) is 86.7 Å². The lowest BCUT2D eigenvalue weighted by Gasteiger charge is -2.21. The third-order valence-corrected chi connectivity index (χ3v) is 12.3. The maximum Gasteiger partial charge on any atom is 0.236 e. The second-order valence-electron chi connectivity index (χ2n) is 16.6. The highest BCUT2D eigenvalue weighted by molar-refractivity contribution is 6.07. The molecule has 0 aliphatic carbocycles. The van der Waals surface area contributed by atoms with Crippen molar-refractivity contribution in [1.82, 2.24) is 9.80 Å². The number of unbranched alkanes of at least 4 members (excludes halogenated alkanes) is 13. The SMILES string of the molecule is CCCCCCCCCCCCCCCCN1C(=O)C2C(/C=C\OCC)OC(/C=C\C3OC(/C=C\c4ccccc4)C4C(=O)N(CCOCCOCCOC)C(=O)C34)C2C1=O. The van der Waals surface area contributed by atoms with Crippen LogP contribution in [-0.4, -0.2) is 118 Å². The Balaban J connectivity index is 1.18. The van der Waals surface area contributed by atoms with E-state index in [0.29, 0.717) is 39.6 Å². The maximum absolute atomic E-state index is 14.0. The second-order valence-corrected chi connectivity index (χ2v) is 16.6. The number of likely N-dealkylation sites (tertiary alicyclic amines) is 2. The number of fused-ring (bicyclic) bond motifs is 2. The summed E-state index contributed by atoms with van der Waals surface area (Å²) in [6.07, 6.45) is 24.9. The number of carbonyl (C=O) groups is 4. The molecule has 61 heavy (non-hydrogen) atoms. The summed E-state index contributed by atoms with van der Waals surface area (Å²) in [7, 11) is 1.61. The summed E-state index contributed by atoms with van der Waals surface area (Å²) in [5.41, 5.74) is 0.941. The number of hydrogen-bond donors (Lipinski definition) is 0. The molecule has 1 aromatic carbocycles. The topological polar surface area (TPSA) is 130 Å². The number of methoxy groups -OCH3 is 1. The van der Waals surface area contributed by atoms with Crippen LogP contribution in [0.3, 0.4) is 0 Å². The summed E-state index contributed by atoms with van der Waals surface area (Å²) in [5.74, 6) is -3.97. The molecule has 5 rings (SSSR count). The molecule has 0 spiro atoms. The van der Waals surface area contributed by atoms with E-state index in [1.807, 2.05) is 49.4 Å². The van der Waals surface area contributed by atoms with Crippen molar-refractivity contribution in [2.75, 3.05) is 59.8 Å². The Kier molecular flexibility index (Phi) is 21.2. The predicted molar refractivity (Wildman–Crippen MR) is 234 cm³/mol. The predicted octanol–water partition coefficient (Wildman–Crippen LogP) is 7.70. The Hall–Kier alpha value is -3.68. The molecule has 4 aliphatic heterocycles. The van der Waals surface area contributed by atoms with E-state index >= 15 is 0 Å². The van der Waals surface area contributed by atoms with Gasteiger partial charge in [0, 0.05) is 13.7 Å². The normalized spacial score (nSPS) is 26.3. The van der Waals surface area contributed by atoms with Crippen molar-refractivity contribution in [2.24, 2.45) is 23.7 Å². The summed E-state index contributed by atoms with van der Waals surface area (Å²) in [5, 5.41) is 0. The van der Waals surface area contributed by atoms with E-state index in [9.17, 15) is 19.2 Å². The van der Waals surface area contributed by atoms with Crippen LogP contribution in [0.25, 0.3) is 6.08 Å². The number of amides is 4.